The summed E-state index contributed by atoms with van der Waals surface area (Å²) < 4.78 is 0. The molecule has 0 bridgehead atoms. The van der Waals surface area contributed by atoms with E-state index in [4.69, 9.17) is 0 Å². The van der Waals surface area contributed by atoms with Gasteiger partial charge in [0.1, 0.15) is 5.57 Å². The van der Waals surface area contributed by atoms with Gasteiger partial charge in [-0.05, 0) is 35.6 Å². The van der Waals surface area contributed by atoms with Gasteiger partial charge in [0.05, 0.1) is 0 Å². The first-order chi connectivity index (χ1) is 19.5. The molecule has 0 aliphatic carbocycles. The topological polar surface area (TPSA) is 74.8 Å². The number of hydrogen-bond acceptors (Lipinski definition) is 4. The van der Waals surface area contributed by atoms with Gasteiger partial charge in [0, 0.05) is 24.2 Å². The van der Waals surface area contributed by atoms with Crippen molar-refractivity contribution in [3.05, 3.63) is 149 Å². The zero-order valence-electron chi connectivity index (χ0n) is 21.9. The molecule has 1 heterocycles. The Hall–Kier alpha value is -5.10. The Morgan fingerprint density at radius 1 is 0.575 bits per heavy atom. The van der Waals surface area contributed by atoms with Gasteiger partial charge in [-0.2, -0.15) is 0 Å². The number of ketones is 1. The minimum Gasteiger partial charge on any atom is -0.289 e. The minimum absolute atomic E-state index is 0.124. The van der Waals surface area contributed by atoms with Crippen LogP contribution in [0, 0.1) is 0 Å². The van der Waals surface area contributed by atoms with Gasteiger partial charge in [-0.1, -0.05) is 115 Å². The van der Waals surface area contributed by atoms with Crippen molar-refractivity contribution in [3.8, 4) is 0 Å². The van der Waals surface area contributed by atoms with Crippen LogP contribution in [-0.2, 0) is 22.4 Å². The number of rotatable bonds is 9. The average molecular weight is 529 g/mol. The van der Waals surface area contributed by atoms with Gasteiger partial charge < -0.3 is 0 Å². The highest BCUT2D eigenvalue weighted by molar-refractivity contribution is 6.31. The van der Waals surface area contributed by atoms with E-state index in [1.54, 1.807) is 48.5 Å². The number of hydrogen-bond donors (Lipinski definition) is 0. The van der Waals surface area contributed by atoms with Crippen LogP contribution in [0.4, 0.5) is 4.79 Å². The standard InChI is InChI=1S/C34H28N2O4/c37-31(27-16-8-3-9-17-27)29-19-11-10-18-28(29)24-30-32(38)35(22-20-25-12-4-1-5-13-25)34(40)36(33(30)39)23-21-26-14-6-2-7-15-26/h1-19,24H,20-23H2. The molecule has 1 fully saturated rings. The number of benzene rings is 4. The van der Waals surface area contributed by atoms with Crippen LogP contribution >= 0.6 is 0 Å². The maximum Gasteiger partial charge on any atom is 0.333 e. The Morgan fingerprint density at radius 2 is 1.02 bits per heavy atom. The molecule has 5 rings (SSSR count). The van der Waals surface area contributed by atoms with Crippen molar-refractivity contribution < 1.29 is 19.2 Å². The van der Waals surface area contributed by atoms with Gasteiger partial charge in [0.15, 0.2) is 5.78 Å². The molecule has 0 saturated carbocycles. The molecule has 0 aromatic heterocycles. The molecule has 40 heavy (non-hydrogen) atoms. The van der Waals surface area contributed by atoms with Gasteiger partial charge >= 0.3 is 6.03 Å². The summed E-state index contributed by atoms with van der Waals surface area (Å²) in [5.74, 6) is -1.55. The number of carbonyl (C=O) groups excluding carboxylic acids is 4. The molecule has 1 saturated heterocycles. The van der Waals surface area contributed by atoms with Crippen molar-refractivity contribution in [2.75, 3.05) is 13.1 Å². The predicted octanol–water partition coefficient (Wildman–Crippen LogP) is 5.58. The first-order valence-electron chi connectivity index (χ1n) is 13.2. The van der Waals surface area contributed by atoms with E-state index >= 15 is 0 Å². The van der Waals surface area contributed by atoms with Gasteiger partial charge in [-0.3, -0.25) is 24.2 Å². The zero-order chi connectivity index (χ0) is 27.9. The highest BCUT2D eigenvalue weighted by atomic mass is 16.2. The molecular weight excluding hydrogens is 500 g/mol. The van der Waals surface area contributed by atoms with Crippen molar-refractivity contribution >= 4 is 29.7 Å². The maximum absolute atomic E-state index is 13.6. The lowest BCUT2D eigenvalue weighted by Crippen LogP contribution is -2.57. The number of carbonyl (C=O) groups is 4. The molecule has 0 spiro atoms. The lowest BCUT2D eigenvalue weighted by Gasteiger charge is -2.34. The third-order valence-electron chi connectivity index (χ3n) is 6.89. The second-order valence-electron chi connectivity index (χ2n) is 9.51. The van der Waals surface area contributed by atoms with E-state index < -0.39 is 17.8 Å². The van der Waals surface area contributed by atoms with Crippen LogP contribution in [0.3, 0.4) is 0 Å². The summed E-state index contributed by atoms with van der Waals surface area (Å²) in [6, 6.07) is 34.2. The SMILES string of the molecule is O=C(c1ccccc1)c1ccccc1C=C1C(=O)N(CCc2ccccc2)C(=O)N(CCc2ccccc2)C1=O. The Balaban J connectivity index is 1.49. The molecule has 1 aliphatic heterocycles. The molecule has 1 aliphatic rings. The lowest BCUT2D eigenvalue weighted by atomic mass is 9.96. The van der Waals surface area contributed by atoms with E-state index in [0.717, 1.165) is 20.9 Å². The van der Waals surface area contributed by atoms with Crippen molar-refractivity contribution in [3.63, 3.8) is 0 Å². The molecule has 6 heteroatoms. The monoisotopic (exact) mass is 528 g/mol. The highest BCUT2D eigenvalue weighted by Gasteiger charge is 2.41. The van der Waals surface area contributed by atoms with Gasteiger partial charge in [0.2, 0.25) is 0 Å². The fraction of sp³-hybridized carbons (Fsp3) is 0.118. The molecule has 0 N–H and O–H groups in total. The molecule has 0 atom stereocenters. The number of amides is 4. The second kappa shape index (κ2) is 12.2. The molecular formula is C34H28N2O4. The summed E-state index contributed by atoms with van der Waals surface area (Å²) in [5.41, 5.74) is 3.10. The van der Waals surface area contributed by atoms with Gasteiger partial charge in [0.25, 0.3) is 11.8 Å². The summed E-state index contributed by atoms with van der Waals surface area (Å²) >= 11 is 0. The van der Waals surface area contributed by atoms with E-state index in [-0.39, 0.29) is 24.4 Å². The molecule has 0 radical (unpaired) electrons. The van der Waals surface area contributed by atoms with Crippen molar-refractivity contribution in [1.82, 2.24) is 9.80 Å². The second-order valence-corrected chi connectivity index (χ2v) is 9.51. The van der Waals surface area contributed by atoms with Crippen LogP contribution in [0.1, 0.15) is 32.6 Å². The summed E-state index contributed by atoms with van der Waals surface area (Å²) in [6.45, 7) is 0.247. The maximum atomic E-state index is 13.6. The number of urea groups is 1. The number of barbiturate groups is 1. The highest BCUT2D eigenvalue weighted by Crippen LogP contribution is 2.24. The van der Waals surface area contributed by atoms with Crippen LogP contribution in [0.15, 0.2) is 121 Å². The van der Waals surface area contributed by atoms with E-state index in [1.165, 1.54) is 6.08 Å². The molecule has 4 aromatic carbocycles. The molecule has 6 nitrogen and oxygen atoms in total. The smallest absolute Gasteiger partial charge is 0.289 e. The normalized spacial score (nSPS) is 13.5. The molecule has 198 valence electrons. The molecule has 0 unspecified atom stereocenters. The molecule has 4 aromatic rings. The first-order valence-corrected chi connectivity index (χ1v) is 13.2. The van der Waals surface area contributed by atoms with Crippen molar-refractivity contribution in [2.24, 2.45) is 0 Å². The summed E-state index contributed by atoms with van der Waals surface area (Å²) in [4.78, 5) is 56.3. The average Bonchev–Trinajstić information content (AvgIpc) is 3.00. The fourth-order valence-electron chi connectivity index (χ4n) is 4.72. The molecule has 4 amide bonds. The van der Waals surface area contributed by atoms with E-state index in [2.05, 4.69) is 0 Å². The van der Waals surface area contributed by atoms with Gasteiger partial charge in [-0.15, -0.1) is 0 Å². The van der Waals surface area contributed by atoms with Gasteiger partial charge in [-0.25, -0.2) is 4.79 Å². The number of imide groups is 2. The van der Waals surface area contributed by atoms with Crippen LogP contribution in [0.2, 0.25) is 0 Å². The zero-order valence-corrected chi connectivity index (χ0v) is 21.9. The van der Waals surface area contributed by atoms with Crippen LogP contribution in [0.25, 0.3) is 6.08 Å². The fourth-order valence-corrected chi connectivity index (χ4v) is 4.72. The summed E-state index contributed by atoms with van der Waals surface area (Å²) in [5, 5.41) is 0. The van der Waals surface area contributed by atoms with E-state index in [1.807, 2.05) is 66.7 Å². The largest absolute Gasteiger partial charge is 0.333 e. The predicted molar refractivity (Wildman–Crippen MR) is 153 cm³/mol. The lowest BCUT2D eigenvalue weighted by molar-refractivity contribution is -0.135. The van der Waals surface area contributed by atoms with Crippen LogP contribution in [-0.4, -0.2) is 46.5 Å². The number of nitrogens with zero attached hydrogens (tertiary/aromatic N) is 2. The first kappa shape index (κ1) is 26.5. The Morgan fingerprint density at radius 3 is 1.55 bits per heavy atom. The van der Waals surface area contributed by atoms with Crippen LogP contribution in [0.5, 0.6) is 0 Å². The third-order valence-corrected chi connectivity index (χ3v) is 6.89. The Kier molecular flexibility index (Phi) is 8.07. The van der Waals surface area contributed by atoms with E-state index in [9.17, 15) is 19.2 Å². The van der Waals surface area contributed by atoms with Crippen molar-refractivity contribution in [1.29, 1.82) is 0 Å². The summed E-state index contributed by atoms with van der Waals surface area (Å²) in [6.07, 6.45) is 2.35. The van der Waals surface area contributed by atoms with Crippen molar-refractivity contribution in [2.45, 2.75) is 12.8 Å². The third kappa shape index (κ3) is 5.81. The van der Waals surface area contributed by atoms with E-state index in [0.29, 0.717) is 29.5 Å². The summed E-state index contributed by atoms with van der Waals surface area (Å²) in [7, 11) is 0. The quantitative estimate of drug-likeness (QED) is 0.162. The van der Waals surface area contributed by atoms with Crippen LogP contribution < -0.4 is 0 Å². The minimum atomic E-state index is -0.663. The Labute approximate surface area is 233 Å². The Bertz CT molecular complexity index is 1500.